The molecular formula is C11H8ClN7. The largest absolute Gasteiger partial charge is 0.261 e. The predicted molar refractivity (Wildman–Crippen MR) is 66.8 cm³/mol. The third kappa shape index (κ3) is 2.71. The van der Waals surface area contributed by atoms with Crippen LogP contribution in [0.3, 0.4) is 0 Å². The molecule has 0 saturated carbocycles. The minimum atomic E-state index is 0.117. The van der Waals surface area contributed by atoms with Crippen molar-refractivity contribution in [2.24, 2.45) is 0 Å². The second-order valence-corrected chi connectivity index (χ2v) is 4.00. The maximum Gasteiger partial charge on any atom is 0.256 e. The van der Waals surface area contributed by atoms with Crippen LogP contribution in [0.4, 0.5) is 0 Å². The number of hydrogen-bond acceptors (Lipinski definition) is 6. The van der Waals surface area contributed by atoms with Crippen molar-refractivity contribution in [2.45, 2.75) is 6.42 Å². The van der Waals surface area contributed by atoms with E-state index in [0.29, 0.717) is 18.2 Å². The van der Waals surface area contributed by atoms with Gasteiger partial charge in [-0.1, -0.05) is 6.07 Å². The molecule has 0 aliphatic rings. The van der Waals surface area contributed by atoms with Crippen molar-refractivity contribution < 1.29 is 0 Å². The lowest BCUT2D eigenvalue weighted by Crippen LogP contribution is -2.08. The minimum absolute atomic E-state index is 0.117. The molecular weight excluding hydrogens is 266 g/mol. The van der Waals surface area contributed by atoms with E-state index >= 15 is 0 Å². The summed E-state index contributed by atoms with van der Waals surface area (Å²) in [6.07, 6.45) is 5.09. The summed E-state index contributed by atoms with van der Waals surface area (Å²) < 4.78 is 1.43. The van der Waals surface area contributed by atoms with Gasteiger partial charge in [-0.05, 0) is 23.7 Å². The van der Waals surface area contributed by atoms with Crippen LogP contribution in [-0.4, -0.2) is 34.7 Å². The van der Waals surface area contributed by atoms with Gasteiger partial charge in [0.25, 0.3) is 5.95 Å². The Bertz CT molecular complexity index is 669. The van der Waals surface area contributed by atoms with E-state index in [1.165, 1.54) is 17.3 Å². The smallest absolute Gasteiger partial charge is 0.256 e. The Labute approximate surface area is 113 Å². The summed E-state index contributed by atoms with van der Waals surface area (Å²) in [5.74, 6) is 0.868. The highest BCUT2D eigenvalue weighted by molar-refractivity contribution is 6.28. The van der Waals surface area contributed by atoms with Crippen molar-refractivity contribution in [3.8, 4) is 5.95 Å². The van der Waals surface area contributed by atoms with E-state index in [-0.39, 0.29) is 5.28 Å². The first-order valence-corrected chi connectivity index (χ1v) is 5.84. The number of halogens is 1. The van der Waals surface area contributed by atoms with Crippen molar-refractivity contribution >= 4 is 11.6 Å². The molecule has 3 aromatic heterocycles. The third-order valence-corrected chi connectivity index (χ3v) is 2.50. The van der Waals surface area contributed by atoms with E-state index in [1.54, 1.807) is 6.20 Å². The molecule has 0 saturated heterocycles. The van der Waals surface area contributed by atoms with E-state index in [4.69, 9.17) is 11.6 Å². The Kier molecular flexibility index (Phi) is 3.11. The fourth-order valence-corrected chi connectivity index (χ4v) is 1.71. The van der Waals surface area contributed by atoms with Gasteiger partial charge in [-0.25, -0.2) is 9.97 Å². The Morgan fingerprint density at radius 2 is 2.11 bits per heavy atom. The molecule has 0 unspecified atom stereocenters. The summed E-state index contributed by atoms with van der Waals surface area (Å²) >= 11 is 5.89. The Hall–Kier alpha value is -2.41. The van der Waals surface area contributed by atoms with Gasteiger partial charge < -0.3 is 0 Å². The summed E-state index contributed by atoms with van der Waals surface area (Å²) in [6, 6.07) is 5.65. The third-order valence-electron chi connectivity index (χ3n) is 2.33. The molecule has 0 aliphatic carbocycles. The standard InChI is InChI=1S/C11H8ClN7/c12-10-16-9(5-8-3-1-2-4-14-8)17-11(18-10)19-7-13-6-15-19/h1-4,6-7H,5H2. The molecule has 0 amide bonds. The molecule has 3 aromatic rings. The van der Waals surface area contributed by atoms with Crippen LogP contribution < -0.4 is 0 Å². The fraction of sp³-hybridized carbons (Fsp3) is 0.0909. The first kappa shape index (κ1) is 11.7. The zero-order valence-electron chi connectivity index (χ0n) is 9.68. The zero-order valence-corrected chi connectivity index (χ0v) is 10.4. The van der Waals surface area contributed by atoms with E-state index in [9.17, 15) is 0 Å². The van der Waals surface area contributed by atoms with Crippen LogP contribution in [-0.2, 0) is 6.42 Å². The van der Waals surface area contributed by atoms with Crippen molar-refractivity contribution in [1.82, 2.24) is 34.7 Å². The molecule has 3 rings (SSSR count). The average Bonchev–Trinajstić information content (AvgIpc) is 2.93. The van der Waals surface area contributed by atoms with Crippen LogP contribution in [0.25, 0.3) is 5.95 Å². The molecule has 8 heteroatoms. The Morgan fingerprint density at radius 3 is 2.84 bits per heavy atom. The van der Waals surface area contributed by atoms with Gasteiger partial charge in [0.05, 0.1) is 6.42 Å². The zero-order chi connectivity index (χ0) is 13.1. The average molecular weight is 274 g/mol. The highest BCUT2D eigenvalue weighted by atomic mass is 35.5. The lowest BCUT2D eigenvalue weighted by atomic mass is 10.2. The van der Waals surface area contributed by atoms with Crippen LogP contribution in [0.15, 0.2) is 37.1 Å². The van der Waals surface area contributed by atoms with Gasteiger partial charge in [0, 0.05) is 11.9 Å². The maximum absolute atomic E-state index is 5.89. The number of rotatable bonds is 3. The normalized spacial score (nSPS) is 10.6. The molecule has 0 fully saturated rings. The second-order valence-electron chi connectivity index (χ2n) is 3.66. The molecule has 3 heterocycles. The van der Waals surface area contributed by atoms with Gasteiger partial charge in [0.1, 0.15) is 18.5 Å². The maximum atomic E-state index is 5.89. The van der Waals surface area contributed by atoms with Gasteiger partial charge in [-0.15, -0.1) is 0 Å². The summed E-state index contributed by atoms with van der Waals surface area (Å²) in [5, 5.41) is 4.07. The fourth-order valence-electron chi connectivity index (χ4n) is 1.54. The topological polar surface area (TPSA) is 82.3 Å². The number of hydrogen-bond donors (Lipinski definition) is 0. The van der Waals surface area contributed by atoms with Gasteiger partial charge in [-0.2, -0.15) is 19.7 Å². The van der Waals surface area contributed by atoms with Gasteiger partial charge >= 0.3 is 0 Å². The van der Waals surface area contributed by atoms with Gasteiger partial charge in [-0.3, -0.25) is 4.98 Å². The van der Waals surface area contributed by atoms with E-state index in [0.717, 1.165) is 5.69 Å². The van der Waals surface area contributed by atoms with Crippen LogP contribution in [0, 0.1) is 0 Å². The molecule has 0 aliphatic heterocycles. The molecule has 0 radical (unpaired) electrons. The summed E-state index contributed by atoms with van der Waals surface area (Å²) in [6.45, 7) is 0. The van der Waals surface area contributed by atoms with Gasteiger partial charge in [0.15, 0.2) is 0 Å². The molecule has 94 valence electrons. The van der Waals surface area contributed by atoms with Crippen molar-refractivity contribution in [2.75, 3.05) is 0 Å². The number of nitrogens with zero attached hydrogens (tertiary/aromatic N) is 7. The molecule has 19 heavy (non-hydrogen) atoms. The van der Waals surface area contributed by atoms with E-state index in [1.807, 2.05) is 18.2 Å². The summed E-state index contributed by atoms with van der Waals surface area (Å²) in [4.78, 5) is 20.4. The van der Waals surface area contributed by atoms with Crippen LogP contribution in [0.1, 0.15) is 11.5 Å². The monoisotopic (exact) mass is 273 g/mol. The van der Waals surface area contributed by atoms with E-state index in [2.05, 4.69) is 30.0 Å². The molecule has 7 nitrogen and oxygen atoms in total. The van der Waals surface area contributed by atoms with E-state index < -0.39 is 0 Å². The molecule has 0 atom stereocenters. The quantitative estimate of drug-likeness (QED) is 0.710. The first-order chi connectivity index (χ1) is 9.31. The molecule has 0 aromatic carbocycles. The number of pyridine rings is 1. The predicted octanol–water partition coefficient (Wildman–Crippen LogP) is 1.09. The SMILES string of the molecule is Clc1nc(Cc2ccccn2)nc(-n2cncn2)n1. The van der Waals surface area contributed by atoms with Crippen LogP contribution >= 0.6 is 11.6 Å². The van der Waals surface area contributed by atoms with Crippen molar-refractivity contribution in [3.63, 3.8) is 0 Å². The van der Waals surface area contributed by atoms with Crippen LogP contribution in [0.2, 0.25) is 5.28 Å². The Morgan fingerprint density at radius 1 is 1.16 bits per heavy atom. The minimum Gasteiger partial charge on any atom is -0.261 e. The molecule has 0 N–H and O–H groups in total. The molecule has 0 spiro atoms. The second kappa shape index (κ2) is 5.07. The van der Waals surface area contributed by atoms with Crippen LogP contribution in [0.5, 0.6) is 0 Å². The van der Waals surface area contributed by atoms with Crippen molar-refractivity contribution in [3.05, 3.63) is 53.9 Å². The Balaban J connectivity index is 1.94. The lowest BCUT2D eigenvalue weighted by Gasteiger charge is -2.03. The summed E-state index contributed by atoms with van der Waals surface area (Å²) in [7, 11) is 0. The van der Waals surface area contributed by atoms with Crippen molar-refractivity contribution in [1.29, 1.82) is 0 Å². The highest BCUT2D eigenvalue weighted by Gasteiger charge is 2.08. The highest BCUT2D eigenvalue weighted by Crippen LogP contribution is 2.08. The first-order valence-electron chi connectivity index (χ1n) is 5.46. The number of aromatic nitrogens is 7. The van der Waals surface area contributed by atoms with Gasteiger partial charge in [0.2, 0.25) is 5.28 Å². The summed E-state index contributed by atoms with van der Waals surface area (Å²) in [5.41, 5.74) is 0.856. The lowest BCUT2D eigenvalue weighted by molar-refractivity contribution is 0.768. The molecule has 0 bridgehead atoms.